The highest BCUT2D eigenvalue weighted by atomic mass is 15.7. The fourth-order valence-electron chi connectivity index (χ4n) is 2.23. The van der Waals surface area contributed by atoms with E-state index in [-0.39, 0.29) is 6.29 Å². The van der Waals surface area contributed by atoms with Gasteiger partial charge in [0.25, 0.3) is 0 Å². The van der Waals surface area contributed by atoms with Crippen molar-refractivity contribution in [2.45, 2.75) is 6.29 Å². The molecular weight excluding hydrogens is 200 g/mol. The predicted octanol–water partition coefficient (Wildman–Crippen LogP) is 1.40. The lowest BCUT2D eigenvalue weighted by atomic mass is 10.1. The molecule has 2 aliphatic rings. The molecule has 0 aliphatic carbocycles. The maximum atomic E-state index is 4.32. The number of nitrogens with zero attached hydrogens (tertiary/aromatic N) is 4. The lowest BCUT2D eigenvalue weighted by Crippen LogP contribution is -2.42. The van der Waals surface area contributed by atoms with Crippen molar-refractivity contribution in [2.75, 3.05) is 14.1 Å². The van der Waals surface area contributed by atoms with E-state index >= 15 is 0 Å². The maximum Gasteiger partial charge on any atom is 0.201 e. The second-order valence-corrected chi connectivity index (χ2v) is 4.11. The largest absolute Gasteiger partial charge is 0.334 e. The topological polar surface area (TPSA) is 22.1 Å². The van der Waals surface area contributed by atoms with E-state index < -0.39 is 0 Å². The molecule has 16 heavy (non-hydrogen) atoms. The maximum absolute atomic E-state index is 4.32. The van der Waals surface area contributed by atoms with Crippen LogP contribution < -0.4 is 0 Å². The zero-order valence-electron chi connectivity index (χ0n) is 9.41. The summed E-state index contributed by atoms with van der Waals surface area (Å²) in [6.45, 7) is 0. The first-order valence-corrected chi connectivity index (χ1v) is 5.32. The van der Waals surface area contributed by atoms with Crippen molar-refractivity contribution in [3.63, 3.8) is 0 Å². The van der Waals surface area contributed by atoms with Crippen LogP contribution in [0.2, 0.25) is 0 Å². The van der Waals surface area contributed by atoms with Gasteiger partial charge in [-0.3, -0.25) is 0 Å². The molecular formula is C12H14N4. The number of fused-ring (bicyclic) bond motifs is 1. The van der Waals surface area contributed by atoms with E-state index in [2.05, 4.69) is 52.4 Å². The van der Waals surface area contributed by atoms with Gasteiger partial charge in [0.05, 0.1) is 11.9 Å². The molecule has 1 atom stereocenters. The van der Waals surface area contributed by atoms with Crippen LogP contribution in [0, 0.1) is 0 Å². The predicted molar refractivity (Wildman–Crippen MR) is 64.1 cm³/mol. The summed E-state index contributed by atoms with van der Waals surface area (Å²) in [5.74, 6) is 0. The molecule has 0 fully saturated rings. The van der Waals surface area contributed by atoms with Crippen molar-refractivity contribution >= 4 is 12.0 Å². The van der Waals surface area contributed by atoms with Crippen LogP contribution in [-0.4, -0.2) is 41.5 Å². The van der Waals surface area contributed by atoms with Gasteiger partial charge >= 0.3 is 0 Å². The Labute approximate surface area is 95.1 Å². The van der Waals surface area contributed by atoms with Crippen LogP contribution in [0.1, 0.15) is 5.56 Å². The van der Waals surface area contributed by atoms with Crippen LogP contribution in [0.15, 0.2) is 41.6 Å². The summed E-state index contributed by atoms with van der Waals surface area (Å²) in [4.78, 5) is 4.31. The fraction of sp³-hybridized carbons (Fsp3) is 0.250. The highest BCUT2D eigenvalue weighted by molar-refractivity contribution is 5.68. The molecule has 0 saturated heterocycles. The lowest BCUT2D eigenvalue weighted by molar-refractivity contribution is 0.110. The van der Waals surface area contributed by atoms with E-state index in [0.29, 0.717) is 0 Å². The third kappa shape index (κ3) is 1.19. The minimum absolute atomic E-state index is 0.190. The molecule has 0 spiro atoms. The van der Waals surface area contributed by atoms with Crippen molar-refractivity contribution in [3.05, 3.63) is 42.1 Å². The summed E-state index contributed by atoms with van der Waals surface area (Å²) in [5, 5.41) is 6.30. The number of hydrogen-bond acceptors (Lipinski definition) is 4. The van der Waals surface area contributed by atoms with Gasteiger partial charge in [0.15, 0.2) is 0 Å². The van der Waals surface area contributed by atoms with E-state index in [0.717, 1.165) is 0 Å². The normalized spacial score (nSPS) is 22.8. The zero-order valence-corrected chi connectivity index (χ0v) is 9.41. The molecule has 0 bridgehead atoms. The van der Waals surface area contributed by atoms with Gasteiger partial charge in [-0.25, -0.2) is 5.01 Å². The molecule has 4 heteroatoms. The molecule has 2 heterocycles. The second-order valence-electron chi connectivity index (χ2n) is 4.11. The molecule has 3 rings (SSSR count). The molecule has 0 aromatic heterocycles. The van der Waals surface area contributed by atoms with E-state index in [4.69, 9.17) is 0 Å². The summed E-state index contributed by atoms with van der Waals surface area (Å²) in [7, 11) is 4.13. The van der Waals surface area contributed by atoms with Crippen molar-refractivity contribution in [1.29, 1.82) is 0 Å². The third-order valence-electron chi connectivity index (χ3n) is 3.02. The van der Waals surface area contributed by atoms with Gasteiger partial charge in [0.2, 0.25) is 6.29 Å². The summed E-state index contributed by atoms with van der Waals surface area (Å²) in [6, 6.07) is 10.4. The monoisotopic (exact) mass is 214 g/mol. The van der Waals surface area contributed by atoms with Gasteiger partial charge < -0.3 is 9.80 Å². The highest BCUT2D eigenvalue weighted by Gasteiger charge is 2.35. The van der Waals surface area contributed by atoms with Crippen LogP contribution in [-0.2, 0) is 0 Å². The Bertz CT molecular complexity index is 451. The van der Waals surface area contributed by atoms with Crippen LogP contribution in [0.4, 0.5) is 0 Å². The molecule has 0 amide bonds. The van der Waals surface area contributed by atoms with E-state index in [9.17, 15) is 0 Å². The second kappa shape index (κ2) is 3.27. The standard InChI is InChI=1S/C12H14N4/c1-14-9-13-16-8-11(15(2)12(14)16)10-6-4-3-5-7-10/h3-9,12H,1-2H3. The Hall–Kier alpha value is -1.97. The Morgan fingerprint density at radius 3 is 2.56 bits per heavy atom. The number of hydrogen-bond donors (Lipinski definition) is 0. The van der Waals surface area contributed by atoms with Crippen LogP contribution >= 0.6 is 0 Å². The van der Waals surface area contributed by atoms with Crippen LogP contribution in [0.5, 0.6) is 0 Å². The van der Waals surface area contributed by atoms with Gasteiger partial charge in [-0.05, 0) is 5.56 Å². The summed E-state index contributed by atoms with van der Waals surface area (Å²) < 4.78 is 0. The van der Waals surface area contributed by atoms with Crippen LogP contribution in [0.3, 0.4) is 0 Å². The SMILES string of the molecule is CN1C=NN2C=C(c3ccccc3)N(C)C12. The molecule has 82 valence electrons. The molecule has 0 N–H and O–H groups in total. The molecule has 1 aromatic carbocycles. The van der Waals surface area contributed by atoms with Crippen molar-refractivity contribution < 1.29 is 0 Å². The smallest absolute Gasteiger partial charge is 0.201 e. The molecule has 4 nitrogen and oxygen atoms in total. The Balaban J connectivity index is 1.97. The minimum atomic E-state index is 0.190. The Kier molecular flexibility index (Phi) is 1.89. The summed E-state index contributed by atoms with van der Waals surface area (Å²) in [5.41, 5.74) is 2.43. The minimum Gasteiger partial charge on any atom is -0.334 e. The molecule has 1 unspecified atom stereocenters. The lowest BCUT2D eigenvalue weighted by Gasteiger charge is -2.29. The number of hydrazone groups is 1. The van der Waals surface area contributed by atoms with Gasteiger partial charge in [0.1, 0.15) is 6.34 Å². The molecule has 0 saturated carbocycles. The third-order valence-corrected chi connectivity index (χ3v) is 3.02. The van der Waals surface area contributed by atoms with E-state index in [1.807, 2.05) is 24.5 Å². The van der Waals surface area contributed by atoms with Crippen molar-refractivity contribution in [3.8, 4) is 0 Å². The van der Waals surface area contributed by atoms with Gasteiger partial charge in [0, 0.05) is 14.1 Å². The van der Waals surface area contributed by atoms with Crippen molar-refractivity contribution in [2.24, 2.45) is 5.10 Å². The highest BCUT2D eigenvalue weighted by Crippen LogP contribution is 2.31. The average molecular weight is 214 g/mol. The van der Waals surface area contributed by atoms with Gasteiger partial charge in [-0.15, -0.1) is 0 Å². The summed E-state index contributed by atoms with van der Waals surface area (Å²) >= 11 is 0. The molecule has 2 aliphatic heterocycles. The Morgan fingerprint density at radius 2 is 1.88 bits per heavy atom. The summed E-state index contributed by atoms with van der Waals surface area (Å²) in [6.07, 6.45) is 4.12. The first-order valence-electron chi connectivity index (χ1n) is 5.32. The first kappa shape index (κ1) is 9.27. The average Bonchev–Trinajstić information content (AvgIpc) is 2.83. The van der Waals surface area contributed by atoms with Crippen molar-refractivity contribution in [1.82, 2.24) is 14.8 Å². The Morgan fingerprint density at radius 1 is 1.12 bits per heavy atom. The van der Waals surface area contributed by atoms with Gasteiger partial charge in [-0.2, -0.15) is 5.10 Å². The molecule has 0 radical (unpaired) electrons. The fourth-order valence-corrected chi connectivity index (χ4v) is 2.23. The number of rotatable bonds is 1. The first-order chi connectivity index (χ1) is 7.77. The van der Waals surface area contributed by atoms with E-state index in [1.165, 1.54) is 11.3 Å². The molecule has 1 aromatic rings. The van der Waals surface area contributed by atoms with E-state index in [1.54, 1.807) is 0 Å². The van der Waals surface area contributed by atoms with Gasteiger partial charge in [-0.1, -0.05) is 30.3 Å². The van der Waals surface area contributed by atoms with Crippen LogP contribution in [0.25, 0.3) is 5.70 Å². The zero-order chi connectivity index (χ0) is 11.1. The number of benzene rings is 1. The quantitative estimate of drug-likeness (QED) is 0.705.